The molecule has 4 amide bonds. The number of pyridine rings is 2. The number of fused-ring (bicyclic) bond motifs is 2. The average molecular weight is 616 g/mol. The topological polar surface area (TPSA) is 133 Å². The third kappa shape index (κ3) is 4.90. The fourth-order valence-electron chi connectivity index (χ4n) is 6.34. The minimum atomic E-state index is -4.75. The highest BCUT2D eigenvalue weighted by molar-refractivity contribution is 7.19. The minimum absolute atomic E-state index is 0.0296. The summed E-state index contributed by atoms with van der Waals surface area (Å²) in [4.78, 5) is 61.5. The van der Waals surface area contributed by atoms with Gasteiger partial charge in [0.2, 0.25) is 17.7 Å². The second-order valence-corrected chi connectivity index (χ2v) is 13.0. The molecule has 1 saturated carbocycles. The SMILES string of the molecule is Cc1nc(C(F)(F)F)cc(-c2ccnc3cc(CN4C(=O)C5C(C4=O)C5(C)C)sc23)c1NC(=O)C1CCN(C(=O)O)CC1. The molecule has 2 atom stereocenters. The van der Waals surface area contributed by atoms with Crippen LogP contribution in [-0.2, 0) is 27.1 Å². The third-order valence-electron chi connectivity index (χ3n) is 8.83. The normalized spacial score (nSPS) is 21.8. The number of aryl methyl sites for hydroxylation is 1. The molecule has 3 fully saturated rings. The Hall–Kier alpha value is -4.07. The number of carbonyl (C=O) groups excluding carboxylic acids is 3. The van der Waals surface area contributed by atoms with Crippen LogP contribution in [0.5, 0.6) is 0 Å². The second kappa shape index (κ2) is 10.00. The number of nitrogens with one attached hydrogen (secondary N) is 1. The van der Waals surface area contributed by atoms with E-state index in [2.05, 4.69) is 15.3 Å². The number of hydrogen-bond acceptors (Lipinski definition) is 7. The van der Waals surface area contributed by atoms with Gasteiger partial charge >= 0.3 is 12.3 Å². The van der Waals surface area contributed by atoms with Gasteiger partial charge in [0.25, 0.3) is 0 Å². The van der Waals surface area contributed by atoms with Crippen molar-refractivity contribution in [3.63, 3.8) is 0 Å². The number of thiophene rings is 1. The number of rotatable bonds is 5. The molecule has 14 heteroatoms. The van der Waals surface area contributed by atoms with Crippen molar-refractivity contribution >= 4 is 51.1 Å². The standard InChI is InChI=1S/C29H28F3N5O5S/c1-13-22(35-24(38)14-5-8-36(9-6-14)27(41)42)17(11-19(34-13)29(30,31)32)16-4-7-33-18-10-15(43-23(16)18)12-37-25(39)20-21(26(37)40)28(20,2)3/h4,7,10-11,14,20-21H,5-6,8-9,12H2,1-3H3,(H,35,38)(H,41,42). The Kier molecular flexibility index (Phi) is 6.75. The van der Waals surface area contributed by atoms with Crippen molar-refractivity contribution in [2.45, 2.75) is 46.3 Å². The molecular weight excluding hydrogens is 587 g/mol. The molecule has 0 aromatic carbocycles. The number of piperidine rings is 2. The van der Waals surface area contributed by atoms with E-state index in [1.54, 1.807) is 12.1 Å². The lowest BCUT2D eigenvalue weighted by Gasteiger charge is -2.29. The third-order valence-corrected chi connectivity index (χ3v) is 9.98. The van der Waals surface area contributed by atoms with Gasteiger partial charge in [0, 0.05) is 41.2 Å². The Morgan fingerprint density at radius 2 is 1.77 bits per heavy atom. The average Bonchev–Trinajstić information content (AvgIpc) is 3.18. The van der Waals surface area contributed by atoms with Crippen molar-refractivity contribution in [2.24, 2.45) is 23.2 Å². The van der Waals surface area contributed by atoms with Gasteiger partial charge in [0.1, 0.15) is 5.69 Å². The smallest absolute Gasteiger partial charge is 0.433 e. The molecule has 1 aliphatic carbocycles. The number of nitrogens with zero attached hydrogens (tertiary/aromatic N) is 4. The van der Waals surface area contributed by atoms with E-state index in [0.717, 1.165) is 6.07 Å². The Morgan fingerprint density at radius 1 is 1.12 bits per heavy atom. The van der Waals surface area contributed by atoms with E-state index in [0.29, 0.717) is 20.7 Å². The number of halogens is 3. The Bertz CT molecular complexity index is 1670. The van der Waals surface area contributed by atoms with Crippen LogP contribution in [-0.4, -0.2) is 61.8 Å². The first-order valence-corrected chi connectivity index (χ1v) is 14.6. The fraction of sp³-hybridized carbons (Fsp3) is 0.448. The molecule has 10 nitrogen and oxygen atoms in total. The van der Waals surface area contributed by atoms with Gasteiger partial charge in [-0.1, -0.05) is 13.8 Å². The number of amides is 4. The maximum Gasteiger partial charge on any atom is 0.433 e. The number of imide groups is 1. The zero-order valence-electron chi connectivity index (χ0n) is 23.5. The van der Waals surface area contributed by atoms with Crippen LogP contribution < -0.4 is 5.32 Å². The minimum Gasteiger partial charge on any atom is -0.465 e. The summed E-state index contributed by atoms with van der Waals surface area (Å²) in [5.41, 5.74) is -0.410. The molecule has 2 aliphatic heterocycles. The summed E-state index contributed by atoms with van der Waals surface area (Å²) in [6.07, 6.45) is -3.81. The van der Waals surface area contributed by atoms with Crippen LogP contribution in [0.4, 0.5) is 23.7 Å². The fourth-order valence-corrected chi connectivity index (χ4v) is 7.47. The molecule has 0 spiro atoms. The summed E-state index contributed by atoms with van der Waals surface area (Å²) in [7, 11) is 0. The van der Waals surface area contributed by atoms with Crippen molar-refractivity contribution in [3.05, 3.63) is 40.7 Å². The maximum atomic E-state index is 13.9. The zero-order valence-corrected chi connectivity index (χ0v) is 24.3. The summed E-state index contributed by atoms with van der Waals surface area (Å²) in [6.45, 7) is 5.57. The first-order chi connectivity index (χ1) is 20.2. The summed E-state index contributed by atoms with van der Waals surface area (Å²) >= 11 is 1.22. The molecule has 0 bridgehead atoms. The van der Waals surface area contributed by atoms with Crippen LogP contribution >= 0.6 is 11.3 Å². The molecule has 6 rings (SSSR count). The summed E-state index contributed by atoms with van der Waals surface area (Å²) < 4.78 is 42.2. The van der Waals surface area contributed by atoms with Gasteiger partial charge in [-0.25, -0.2) is 9.78 Å². The summed E-state index contributed by atoms with van der Waals surface area (Å²) in [5.74, 6) is -2.05. The van der Waals surface area contributed by atoms with E-state index >= 15 is 0 Å². The van der Waals surface area contributed by atoms with E-state index < -0.39 is 29.8 Å². The van der Waals surface area contributed by atoms with E-state index in [4.69, 9.17) is 0 Å². The highest BCUT2D eigenvalue weighted by atomic mass is 32.1. The Balaban J connectivity index is 1.34. The van der Waals surface area contributed by atoms with Gasteiger partial charge in [-0.05, 0) is 43.4 Å². The van der Waals surface area contributed by atoms with Crippen LogP contribution in [0.25, 0.3) is 21.3 Å². The second-order valence-electron chi connectivity index (χ2n) is 11.9. The summed E-state index contributed by atoms with van der Waals surface area (Å²) in [5, 5.41) is 12.0. The predicted molar refractivity (Wildman–Crippen MR) is 150 cm³/mol. The highest BCUT2D eigenvalue weighted by Gasteiger charge is 2.72. The lowest BCUT2D eigenvalue weighted by atomic mass is 9.95. The van der Waals surface area contributed by atoms with Gasteiger partial charge in [-0.2, -0.15) is 13.2 Å². The van der Waals surface area contributed by atoms with Crippen molar-refractivity contribution in [1.29, 1.82) is 0 Å². The van der Waals surface area contributed by atoms with Gasteiger partial charge in [-0.15, -0.1) is 11.3 Å². The largest absolute Gasteiger partial charge is 0.465 e. The van der Waals surface area contributed by atoms with Gasteiger partial charge in [0.15, 0.2) is 0 Å². The first-order valence-electron chi connectivity index (χ1n) is 13.8. The molecule has 2 saturated heterocycles. The summed E-state index contributed by atoms with van der Waals surface area (Å²) in [6, 6.07) is 4.17. The van der Waals surface area contributed by atoms with Crippen LogP contribution in [0.2, 0.25) is 0 Å². The molecule has 0 radical (unpaired) electrons. The molecule has 5 heterocycles. The van der Waals surface area contributed by atoms with Gasteiger partial charge in [-0.3, -0.25) is 24.3 Å². The molecular formula is C29H28F3N5O5S. The number of anilines is 1. The molecule has 3 aromatic rings. The lowest BCUT2D eigenvalue weighted by molar-refractivity contribution is -0.144. The van der Waals surface area contributed by atoms with Crippen LogP contribution in [0.1, 0.15) is 43.0 Å². The maximum absolute atomic E-state index is 13.9. The van der Waals surface area contributed by atoms with E-state index in [1.165, 1.54) is 34.3 Å². The van der Waals surface area contributed by atoms with E-state index in [-0.39, 0.29) is 78.5 Å². The number of hydrogen-bond donors (Lipinski definition) is 2. The predicted octanol–water partition coefficient (Wildman–Crippen LogP) is 5.16. The monoisotopic (exact) mass is 615 g/mol. The highest BCUT2D eigenvalue weighted by Crippen LogP contribution is 2.63. The van der Waals surface area contributed by atoms with Crippen molar-refractivity contribution in [2.75, 3.05) is 18.4 Å². The molecule has 2 unspecified atom stereocenters. The van der Waals surface area contributed by atoms with Crippen molar-refractivity contribution < 1.29 is 37.5 Å². The Morgan fingerprint density at radius 3 is 2.37 bits per heavy atom. The molecule has 2 N–H and O–H groups in total. The quantitative estimate of drug-likeness (QED) is 0.379. The Labute approximate surface area is 247 Å². The van der Waals surface area contributed by atoms with Crippen molar-refractivity contribution in [1.82, 2.24) is 19.8 Å². The molecule has 226 valence electrons. The zero-order chi connectivity index (χ0) is 31.0. The van der Waals surface area contributed by atoms with Crippen LogP contribution in [0, 0.1) is 30.1 Å². The van der Waals surface area contributed by atoms with Crippen LogP contribution in [0.15, 0.2) is 24.4 Å². The number of alkyl halides is 3. The van der Waals surface area contributed by atoms with Crippen molar-refractivity contribution in [3.8, 4) is 11.1 Å². The number of likely N-dealkylation sites (tertiary alicyclic amines) is 2. The van der Waals surface area contributed by atoms with Gasteiger partial charge < -0.3 is 15.3 Å². The first kappa shape index (κ1) is 29.0. The number of carbonyl (C=O) groups is 4. The van der Waals surface area contributed by atoms with Gasteiger partial charge in [0.05, 0.1) is 40.0 Å². The molecule has 3 aliphatic rings. The molecule has 43 heavy (non-hydrogen) atoms. The van der Waals surface area contributed by atoms with E-state index in [1.807, 2.05) is 13.8 Å². The molecule has 3 aromatic heterocycles. The van der Waals surface area contributed by atoms with Crippen LogP contribution in [0.3, 0.4) is 0 Å². The van der Waals surface area contributed by atoms with E-state index in [9.17, 15) is 37.5 Å². The lowest BCUT2D eigenvalue weighted by Crippen LogP contribution is -2.40. The number of aromatic nitrogens is 2. The number of carboxylic acid groups (broad SMARTS) is 1.